The largest absolute Gasteiger partial charge is 0.205 e. The zero-order valence-electron chi connectivity index (χ0n) is 15.1. The minimum Gasteiger partial charge on any atom is -0.205 e. The Labute approximate surface area is 161 Å². The van der Waals surface area contributed by atoms with Gasteiger partial charge in [0.2, 0.25) is 0 Å². The van der Waals surface area contributed by atoms with Crippen molar-refractivity contribution in [2.75, 3.05) is 0 Å². The van der Waals surface area contributed by atoms with E-state index in [9.17, 15) is 4.39 Å². The van der Waals surface area contributed by atoms with Crippen LogP contribution in [0.25, 0.3) is 11.1 Å². The third-order valence-electron chi connectivity index (χ3n) is 4.97. The van der Waals surface area contributed by atoms with E-state index < -0.39 is 5.82 Å². The molecule has 0 amide bonds. The smallest absolute Gasteiger partial charge is 0.142 e. The highest BCUT2D eigenvalue weighted by Crippen LogP contribution is 2.29. The van der Waals surface area contributed by atoms with Gasteiger partial charge in [0.05, 0.1) is 5.02 Å². The summed E-state index contributed by atoms with van der Waals surface area (Å²) in [6.45, 7) is 2.18. The first-order valence-corrected chi connectivity index (χ1v) is 9.77. The highest BCUT2D eigenvalue weighted by Gasteiger charge is 2.17. The molecule has 26 heavy (non-hydrogen) atoms. The molecule has 3 rings (SSSR count). The molecule has 2 aromatic rings. The third-order valence-corrected chi connectivity index (χ3v) is 5.28. The van der Waals surface area contributed by atoms with Crippen LogP contribution in [0.3, 0.4) is 0 Å². The molecule has 0 saturated heterocycles. The van der Waals surface area contributed by atoms with Gasteiger partial charge in [-0.15, -0.1) is 0 Å². The molecule has 1 saturated carbocycles. The Balaban J connectivity index is 1.61. The molecule has 0 N–H and O–H groups in total. The van der Waals surface area contributed by atoms with E-state index in [1.54, 1.807) is 6.07 Å². The summed E-state index contributed by atoms with van der Waals surface area (Å²) < 4.78 is 13.6. The zero-order chi connectivity index (χ0) is 18.4. The molecule has 0 atom stereocenters. The third kappa shape index (κ3) is 4.99. The molecular weight excluding hydrogens is 343 g/mol. The van der Waals surface area contributed by atoms with Crippen LogP contribution in [-0.4, -0.2) is 0 Å². The lowest BCUT2D eigenvalue weighted by atomic mass is 9.82. The van der Waals surface area contributed by atoms with Gasteiger partial charge >= 0.3 is 0 Å². The maximum Gasteiger partial charge on any atom is 0.142 e. The molecule has 2 heteroatoms. The maximum atomic E-state index is 13.6. The molecule has 0 spiro atoms. The van der Waals surface area contributed by atoms with Crippen LogP contribution in [0.15, 0.2) is 54.6 Å². The van der Waals surface area contributed by atoms with Crippen molar-refractivity contribution >= 4 is 11.6 Å². The Morgan fingerprint density at radius 3 is 2.38 bits per heavy atom. The Hall–Kier alpha value is -2.04. The number of allylic oxidation sites excluding steroid dienone is 2. The summed E-state index contributed by atoms with van der Waals surface area (Å²) in [6.07, 6.45) is 10.7. The van der Waals surface area contributed by atoms with Crippen LogP contribution in [0, 0.1) is 29.5 Å². The quantitative estimate of drug-likeness (QED) is 0.395. The van der Waals surface area contributed by atoms with Gasteiger partial charge in [0.1, 0.15) is 5.82 Å². The predicted molar refractivity (Wildman–Crippen MR) is 109 cm³/mol. The summed E-state index contributed by atoms with van der Waals surface area (Å²) in [6, 6.07) is 12.9. The lowest BCUT2D eigenvalue weighted by molar-refractivity contribution is 0.364. The van der Waals surface area contributed by atoms with Gasteiger partial charge in [-0.3, -0.25) is 0 Å². The van der Waals surface area contributed by atoms with E-state index in [-0.39, 0.29) is 5.02 Å². The number of benzene rings is 2. The number of halogens is 2. The van der Waals surface area contributed by atoms with Gasteiger partial charge < -0.3 is 0 Å². The number of hydrogen-bond donors (Lipinski definition) is 0. The van der Waals surface area contributed by atoms with Crippen LogP contribution >= 0.6 is 11.6 Å². The molecular formula is C24H24ClF. The molecule has 1 aliphatic carbocycles. The average molecular weight is 367 g/mol. The van der Waals surface area contributed by atoms with Gasteiger partial charge in [-0.25, -0.2) is 4.39 Å². The molecule has 0 aliphatic heterocycles. The van der Waals surface area contributed by atoms with Gasteiger partial charge in [0.15, 0.2) is 0 Å². The highest BCUT2D eigenvalue weighted by atomic mass is 35.5. The van der Waals surface area contributed by atoms with Crippen LogP contribution in [0.4, 0.5) is 4.39 Å². The van der Waals surface area contributed by atoms with E-state index >= 15 is 0 Å². The first kappa shape index (κ1) is 18.7. The first-order valence-electron chi connectivity index (χ1n) is 9.39. The average Bonchev–Trinajstić information content (AvgIpc) is 2.68. The Morgan fingerprint density at radius 1 is 1.04 bits per heavy atom. The lowest BCUT2D eigenvalue weighted by Gasteiger charge is -2.23. The van der Waals surface area contributed by atoms with E-state index in [0.717, 1.165) is 29.0 Å². The lowest BCUT2D eigenvalue weighted by Crippen LogP contribution is -2.11. The molecule has 0 nitrogen and oxygen atoms in total. The van der Waals surface area contributed by atoms with Crippen molar-refractivity contribution in [3.8, 4) is 23.0 Å². The summed E-state index contributed by atoms with van der Waals surface area (Å²) >= 11 is 5.75. The monoisotopic (exact) mass is 366 g/mol. The summed E-state index contributed by atoms with van der Waals surface area (Å²) in [4.78, 5) is 0. The van der Waals surface area contributed by atoms with Gasteiger partial charge in [-0.2, -0.15) is 0 Å². The predicted octanol–water partition coefficient (Wildman–Crippen LogP) is 7.27. The molecule has 134 valence electrons. The van der Waals surface area contributed by atoms with Crippen LogP contribution in [0.1, 0.15) is 44.6 Å². The summed E-state index contributed by atoms with van der Waals surface area (Å²) in [7, 11) is 0. The minimum absolute atomic E-state index is 0.149. The van der Waals surface area contributed by atoms with Crippen molar-refractivity contribution in [3.63, 3.8) is 0 Å². The van der Waals surface area contributed by atoms with E-state index in [4.69, 9.17) is 11.6 Å². The fourth-order valence-corrected chi connectivity index (χ4v) is 3.51. The highest BCUT2D eigenvalue weighted by molar-refractivity contribution is 6.30. The molecule has 0 aromatic heterocycles. The van der Waals surface area contributed by atoms with Crippen molar-refractivity contribution < 1.29 is 4.39 Å². The van der Waals surface area contributed by atoms with Gasteiger partial charge in [0, 0.05) is 11.5 Å². The molecule has 0 radical (unpaired) electrons. The first-order chi connectivity index (χ1) is 12.7. The van der Waals surface area contributed by atoms with Gasteiger partial charge in [-0.05, 0) is 73.4 Å². The molecule has 0 bridgehead atoms. The van der Waals surface area contributed by atoms with Crippen LogP contribution in [0.2, 0.25) is 5.02 Å². The normalized spacial score (nSPS) is 20.0. The fourth-order valence-electron chi connectivity index (χ4n) is 3.39. The molecule has 0 heterocycles. The van der Waals surface area contributed by atoms with E-state index in [1.807, 2.05) is 30.3 Å². The summed E-state index contributed by atoms with van der Waals surface area (Å²) in [5.74, 6) is 7.60. The van der Waals surface area contributed by atoms with E-state index in [2.05, 4.69) is 30.9 Å². The molecule has 1 aliphatic rings. The molecule has 1 fully saturated rings. The zero-order valence-corrected chi connectivity index (χ0v) is 15.9. The number of hydrogen-bond acceptors (Lipinski definition) is 0. The second kappa shape index (κ2) is 9.06. The second-order valence-corrected chi connectivity index (χ2v) is 7.33. The Kier molecular flexibility index (Phi) is 6.53. The maximum absolute atomic E-state index is 13.6. The summed E-state index contributed by atoms with van der Waals surface area (Å²) in [5.41, 5.74) is 2.80. The molecule has 2 aromatic carbocycles. The van der Waals surface area contributed by atoms with Crippen LogP contribution in [-0.2, 0) is 0 Å². The van der Waals surface area contributed by atoms with E-state index in [1.165, 1.54) is 31.7 Å². The van der Waals surface area contributed by atoms with Gasteiger partial charge in [-0.1, -0.05) is 60.7 Å². The number of rotatable bonds is 3. The van der Waals surface area contributed by atoms with Crippen molar-refractivity contribution in [2.45, 2.75) is 39.0 Å². The standard InChI is InChI=1S/C24H24ClF/c1-2-3-4-18-5-7-19(8-6-18)9-10-20-11-13-21(14-12-20)22-15-16-23(25)24(26)17-22/h3-4,11-19H,2,5-8H2,1H3. The van der Waals surface area contributed by atoms with Crippen molar-refractivity contribution in [1.29, 1.82) is 0 Å². The van der Waals surface area contributed by atoms with Crippen LogP contribution in [0.5, 0.6) is 0 Å². The van der Waals surface area contributed by atoms with Crippen molar-refractivity contribution in [2.24, 2.45) is 11.8 Å². The van der Waals surface area contributed by atoms with Crippen molar-refractivity contribution in [1.82, 2.24) is 0 Å². The van der Waals surface area contributed by atoms with Gasteiger partial charge in [0.25, 0.3) is 0 Å². The van der Waals surface area contributed by atoms with Crippen LogP contribution < -0.4 is 0 Å². The summed E-state index contributed by atoms with van der Waals surface area (Å²) in [5, 5.41) is 0.149. The fraction of sp³-hybridized carbons (Fsp3) is 0.333. The van der Waals surface area contributed by atoms with E-state index in [0.29, 0.717) is 5.92 Å². The molecule has 0 unspecified atom stereocenters. The second-order valence-electron chi connectivity index (χ2n) is 6.92. The van der Waals surface area contributed by atoms with Crippen molar-refractivity contribution in [3.05, 3.63) is 71.0 Å². The SMILES string of the molecule is CCC=CC1CCC(C#Cc2ccc(-c3ccc(Cl)c(F)c3)cc2)CC1. The Morgan fingerprint density at radius 2 is 1.73 bits per heavy atom. The minimum atomic E-state index is -0.391. The Bertz CT molecular complexity index is 816. The topological polar surface area (TPSA) is 0 Å².